The number of hydrogen-bond acceptors (Lipinski definition) is 8. The van der Waals surface area contributed by atoms with Crippen LogP contribution in [0.2, 0.25) is 0 Å². The van der Waals surface area contributed by atoms with Gasteiger partial charge in [-0.2, -0.15) is 13.2 Å². The van der Waals surface area contributed by atoms with Crippen molar-refractivity contribution in [2.75, 3.05) is 20.3 Å². The van der Waals surface area contributed by atoms with Crippen LogP contribution in [0.25, 0.3) is 10.9 Å². The number of esters is 1. The van der Waals surface area contributed by atoms with E-state index in [-0.39, 0.29) is 47.5 Å². The molecule has 2 aliphatic rings. The number of benzene rings is 1. The molecule has 2 N–H and O–H groups in total. The number of hydrogen-bond donors (Lipinski definition) is 2. The fraction of sp³-hybridized carbons (Fsp3) is 0.500. The third-order valence-electron chi connectivity index (χ3n) is 5.46. The number of carbonyl (C=O) groups excluding carboxylic acids is 1. The molecule has 184 valence electrons. The fourth-order valence-corrected chi connectivity index (χ4v) is 4.05. The molecule has 1 aromatic heterocycles. The standard InChI is InChI=1S/C22H23F3N2O7/c1-20(2,3)34-19(30)14-12(31-4)6-5-10-13(14)15-16(17(27-10)22(23,24)25)33-21(9-32-15)7-11(18(28)29)26-8-21/h5-6,11,26H,7-9H2,1-4H3,(H,28,29)/t11-,21+/m0/s1. The van der Waals surface area contributed by atoms with Crippen LogP contribution in [0.4, 0.5) is 13.2 Å². The van der Waals surface area contributed by atoms with Crippen molar-refractivity contribution in [1.29, 1.82) is 0 Å². The first kappa shape index (κ1) is 23.9. The summed E-state index contributed by atoms with van der Waals surface area (Å²) in [7, 11) is 1.31. The van der Waals surface area contributed by atoms with Gasteiger partial charge in [-0.25, -0.2) is 9.78 Å². The number of aliphatic carboxylic acids is 1. The van der Waals surface area contributed by atoms with Crippen LogP contribution < -0.4 is 19.5 Å². The largest absolute Gasteiger partial charge is 0.496 e. The molecule has 0 bridgehead atoms. The molecule has 1 saturated heterocycles. The fourth-order valence-electron chi connectivity index (χ4n) is 4.05. The van der Waals surface area contributed by atoms with E-state index >= 15 is 0 Å². The van der Waals surface area contributed by atoms with E-state index in [0.29, 0.717) is 0 Å². The Morgan fingerprint density at radius 2 is 1.94 bits per heavy atom. The van der Waals surface area contributed by atoms with Gasteiger partial charge in [0.15, 0.2) is 22.8 Å². The van der Waals surface area contributed by atoms with Gasteiger partial charge in [-0.1, -0.05) is 0 Å². The second-order valence-electron chi connectivity index (χ2n) is 9.20. The minimum absolute atomic E-state index is 0.0459. The molecule has 34 heavy (non-hydrogen) atoms. The molecule has 0 unspecified atom stereocenters. The molecule has 0 radical (unpaired) electrons. The minimum atomic E-state index is -4.91. The number of pyridine rings is 1. The first-order valence-corrected chi connectivity index (χ1v) is 10.4. The molecule has 1 aromatic carbocycles. The van der Waals surface area contributed by atoms with Crippen molar-refractivity contribution < 1.29 is 46.8 Å². The monoisotopic (exact) mass is 484 g/mol. The zero-order valence-corrected chi connectivity index (χ0v) is 18.8. The van der Waals surface area contributed by atoms with Crippen molar-refractivity contribution in [3.63, 3.8) is 0 Å². The smallest absolute Gasteiger partial charge is 0.437 e. The summed E-state index contributed by atoms with van der Waals surface area (Å²) >= 11 is 0. The minimum Gasteiger partial charge on any atom is -0.496 e. The summed E-state index contributed by atoms with van der Waals surface area (Å²) in [5.41, 5.74) is -3.91. The Labute approximate surface area is 192 Å². The van der Waals surface area contributed by atoms with E-state index in [4.69, 9.17) is 18.9 Å². The number of alkyl halides is 3. The van der Waals surface area contributed by atoms with Crippen molar-refractivity contribution in [3.8, 4) is 17.2 Å². The highest BCUT2D eigenvalue weighted by Gasteiger charge is 2.51. The topological polar surface area (TPSA) is 116 Å². The Bertz CT molecular complexity index is 1180. The molecule has 4 rings (SSSR count). The summed E-state index contributed by atoms with van der Waals surface area (Å²) < 4.78 is 64.3. The Morgan fingerprint density at radius 1 is 1.24 bits per heavy atom. The van der Waals surface area contributed by atoms with Gasteiger partial charge in [-0.3, -0.25) is 4.79 Å². The van der Waals surface area contributed by atoms with E-state index < -0.39 is 46.8 Å². The summed E-state index contributed by atoms with van der Waals surface area (Å²) in [6.45, 7) is 4.65. The number of ether oxygens (including phenoxy) is 4. The second-order valence-corrected chi connectivity index (χ2v) is 9.20. The third-order valence-corrected chi connectivity index (χ3v) is 5.46. The van der Waals surface area contributed by atoms with Crippen molar-refractivity contribution >= 4 is 22.8 Å². The lowest BCUT2D eigenvalue weighted by Crippen LogP contribution is -2.47. The summed E-state index contributed by atoms with van der Waals surface area (Å²) in [5.74, 6) is -2.98. The number of carbonyl (C=O) groups is 2. The van der Waals surface area contributed by atoms with Crippen LogP contribution in [0.1, 0.15) is 43.2 Å². The average Bonchev–Trinajstić information content (AvgIpc) is 3.13. The summed E-state index contributed by atoms with van der Waals surface area (Å²) in [4.78, 5) is 28.2. The number of carboxylic acids is 1. The highest BCUT2D eigenvalue weighted by Crippen LogP contribution is 2.50. The molecule has 0 saturated carbocycles. The maximum Gasteiger partial charge on any atom is 0.437 e. The Balaban J connectivity index is 1.95. The molecule has 1 spiro atoms. The Morgan fingerprint density at radius 3 is 2.50 bits per heavy atom. The zero-order chi connectivity index (χ0) is 25.1. The van der Waals surface area contributed by atoms with Crippen LogP contribution in [0.3, 0.4) is 0 Å². The molecule has 12 heteroatoms. The molecular formula is C22H23F3N2O7. The van der Waals surface area contributed by atoms with Gasteiger partial charge < -0.3 is 29.4 Å². The predicted octanol–water partition coefficient (Wildman–Crippen LogP) is 3.17. The van der Waals surface area contributed by atoms with Gasteiger partial charge in [0.25, 0.3) is 0 Å². The van der Waals surface area contributed by atoms with E-state index in [1.807, 2.05) is 0 Å². The number of nitrogens with one attached hydrogen (secondary N) is 1. The number of rotatable bonds is 3. The van der Waals surface area contributed by atoms with Crippen molar-refractivity contribution in [2.24, 2.45) is 0 Å². The molecule has 0 amide bonds. The molecule has 9 nitrogen and oxygen atoms in total. The lowest BCUT2D eigenvalue weighted by molar-refractivity contribution is -0.145. The van der Waals surface area contributed by atoms with Gasteiger partial charge in [0.2, 0.25) is 0 Å². The second kappa shape index (κ2) is 7.90. The van der Waals surface area contributed by atoms with Crippen molar-refractivity contribution in [1.82, 2.24) is 10.3 Å². The number of carboxylic acid groups (broad SMARTS) is 1. The van der Waals surface area contributed by atoms with Gasteiger partial charge in [-0.15, -0.1) is 0 Å². The maximum atomic E-state index is 14.0. The average molecular weight is 484 g/mol. The van der Waals surface area contributed by atoms with E-state index in [0.717, 1.165) is 0 Å². The van der Waals surface area contributed by atoms with Gasteiger partial charge in [0.1, 0.15) is 29.6 Å². The van der Waals surface area contributed by atoms with Gasteiger partial charge in [0.05, 0.1) is 18.0 Å². The van der Waals surface area contributed by atoms with Gasteiger partial charge in [-0.05, 0) is 32.9 Å². The first-order valence-electron chi connectivity index (χ1n) is 10.4. The molecule has 1 fully saturated rings. The summed E-state index contributed by atoms with van der Waals surface area (Å²) in [6.07, 6.45) is -5.03. The number of halogens is 3. The lowest BCUT2D eigenvalue weighted by atomic mass is 9.98. The van der Waals surface area contributed by atoms with Crippen LogP contribution in [-0.2, 0) is 15.7 Å². The quantitative estimate of drug-likeness (QED) is 0.634. The predicted molar refractivity (Wildman–Crippen MR) is 111 cm³/mol. The van der Waals surface area contributed by atoms with E-state index in [2.05, 4.69) is 10.3 Å². The van der Waals surface area contributed by atoms with Crippen LogP contribution in [0.15, 0.2) is 12.1 Å². The number of fused-ring (bicyclic) bond motifs is 3. The normalized spacial score (nSPS) is 22.1. The molecule has 2 aromatic rings. The van der Waals surface area contributed by atoms with Gasteiger partial charge in [0, 0.05) is 13.0 Å². The molecule has 3 heterocycles. The Hall–Kier alpha value is -3.28. The first-order chi connectivity index (χ1) is 15.7. The number of nitrogens with zero attached hydrogens (tertiary/aromatic N) is 1. The summed E-state index contributed by atoms with van der Waals surface area (Å²) in [5, 5.41) is 11.9. The lowest BCUT2D eigenvalue weighted by Gasteiger charge is -2.36. The Kier molecular flexibility index (Phi) is 5.54. The SMILES string of the molecule is COc1ccc2nc(C(F)(F)F)c3c(c2c1C(=O)OC(C)(C)C)OC[C@@]1(CN[C@H](C(=O)O)C1)O3. The molecule has 2 atom stereocenters. The van der Waals surface area contributed by atoms with Crippen LogP contribution in [0.5, 0.6) is 17.2 Å². The maximum absolute atomic E-state index is 14.0. The van der Waals surface area contributed by atoms with E-state index in [9.17, 15) is 27.9 Å². The van der Waals surface area contributed by atoms with Crippen LogP contribution >= 0.6 is 0 Å². The van der Waals surface area contributed by atoms with E-state index in [1.165, 1.54) is 19.2 Å². The number of methoxy groups -OCH3 is 1. The van der Waals surface area contributed by atoms with Gasteiger partial charge >= 0.3 is 18.1 Å². The summed E-state index contributed by atoms with van der Waals surface area (Å²) in [6, 6.07) is 1.60. The number of aromatic nitrogens is 1. The zero-order valence-electron chi connectivity index (χ0n) is 18.8. The van der Waals surface area contributed by atoms with Crippen molar-refractivity contribution in [3.05, 3.63) is 23.4 Å². The molecule has 0 aliphatic carbocycles. The highest BCUT2D eigenvalue weighted by atomic mass is 19.4. The third kappa shape index (κ3) is 4.17. The highest BCUT2D eigenvalue weighted by molar-refractivity contribution is 6.09. The molecule has 2 aliphatic heterocycles. The van der Waals surface area contributed by atoms with Crippen molar-refractivity contribution in [2.45, 2.75) is 50.6 Å². The van der Waals surface area contributed by atoms with Crippen LogP contribution in [-0.4, -0.2) is 59.5 Å². The van der Waals surface area contributed by atoms with Crippen LogP contribution in [0, 0.1) is 0 Å². The molecular weight excluding hydrogens is 461 g/mol. The van der Waals surface area contributed by atoms with E-state index in [1.54, 1.807) is 20.8 Å².